The SMILES string of the molecule is CC1CCCNC1CC(=O)O. The topological polar surface area (TPSA) is 49.3 Å². The number of piperidine rings is 1. The molecule has 3 nitrogen and oxygen atoms in total. The Morgan fingerprint density at radius 2 is 2.45 bits per heavy atom. The van der Waals surface area contributed by atoms with Gasteiger partial charge in [0.05, 0.1) is 6.42 Å². The van der Waals surface area contributed by atoms with Crippen LogP contribution in [0.2, 0.25) is 0 Å². The fourth-order valence-corrected chi connectivity index (χ4v) is 1.58. The van der Waals surface area contributed by atoms with Crippen LogP contribution in [0.25, 0.3) is 0 Å². The van der Waals surface area contributed by atoms with Crippen LogP contribution < -0.4 is 5.32 Å². The van der Waals surface area contributed by atoms with Gasteiger partial charge in [0.2, 0.25) is 0 Å². The van der Waals surface area contributed by atoms with Crippen LogP contribution in [0.15, 0.2) is 0 Å². The summed E-state index contributed by atoms with van der Waals surface area (Å²) in [5.74, 6) is -0.184. The number of aliphatic carboxylic acids is 1. The van der Waals surface area contributed by atoms with Gasteiger partial charge < -0.3 is 10.4 Å². The van der Waals surface area contributed by atoms with Gasteiger partial charge in [-0.15, -0.1) is 0 Å². The first kappa shape index (κ1) is 8.53. The molecule has 1 saturated heterocycles. The van der Waals surface area contributed by atoms with Crippen LogP contribution in [-0.4, -0.2) is 23.7 Å². The molecule has 1 fully saturated rings. The number of rotatable bonds is 2. The molecule has 3 heteroatoms. The van der Waals surface area contributed by atoms with E-state index in [2.05, 4.69) is 12.2 Å². The Balaban J connectivity index is 2.35. The minimum atomic E-state index is -0.698. The number of carbonyl (C=O) groups is 1. The summed E-state index contributed by atoms with van der Waals surface area (Å²) in [5, 5.41) is 11.8. The molecule has 1 aliphatic rings. The van der Waals surface area contributed by atoms with Crippen LogP contribution in [0.5, 0.6) is 0 Å². The summed E-state index contributed by atoms with van der Waals surface area (Å²) in [7, 11) is 0. The second-order valence-electron chi connectivity index (χ2n) is 3.28. The predicted octanol–water partition coefficient (Wildman–Crippen LogP) is 0.849. The zero-order valence-electron chi connectivity index (χ0n) is 6.84. The number of nitrogens with one attached hydrogen (secondary N) is 1. The molecule has 64 valence electrons. The van der Waals surface area contributed by atoms with Gasteiger partial charge in [-0.1, -0.05) is 6.92 Å². The molecule has 1 heterocycles. The third-order valence-electron chi connectivity index (χ3n) is 2.32. The van der Waals surface area contributed by atoms with Crippen molar-refractivity contribution in [3.63, 3.8) is 0 Å². The zero-order chi connectivity index (χ0) is 8.27. The Bertz CT molecular complexity index is 147. The van der Waals surface area contributed by atoms with Crippen molar-refractivity contribution in [3.05, 3.63) is 0 Å². The van der Waals surface area contributed by atoms with Crippen molar-refractivity contribution in [1.29, 1.82) is 0 Å². The van der Waals surface area contributed by atoms with Gasteiger partial charge in [-0.25, -0.2) is 0 Å². The van der Waals surface area contributed by atoms with Crippen LogP contribution in [-0.2, 0) is 4.79 Å². The lowest BCUT2D eigenvalue weighted by Crippen LogP contribution is -2.41. The standard InChI is InChI=1S/C8H15NO2/c1-6-3-2-4-9-7(6)5-8(10)11/h6-7,9H,2-5H2,1H3,(H,10,11). The summed E-state index contributed by atoms with van der Waals surface area (Å²) in [6.07, 6.45) is 2.60. The summed E-state index contributed by atoms with van der Waals surface area (Å²) in [5.41, 5.74) is 0. The lowest BCUT2D eigenvalue weighted by atomic mass is 9.91. The second kappa shape index (κ2) is 3.72. The highest BCUT2D eigenvalue weighted by molar-refractivity contribution is 5.67. The van der Waals surface area contributed by atoms with E-state index in [1.165, 1.54) is 6.42 Å². The Morgan fingerprint density at radius 1 is 1.73 bits per heavy atom. The van der Waals surface area contributed by atoms with Gasteiger partial charge in [-0.2, -0.15) is 0 Å². The van der Waals surface area contributed by atoms with Crippen LogP contribution in [0, 0.1) is 5.92 Å². The molecule has 0 bridgehead atoms. The minimum Gasteiger partial charge on any atom is -0.481 e. The van der Waals surface area contributed by atoms with Crippen LogP contribution >= 0.6 is 0 Å². The Kier molecular flexibility index (Phi) is 2.88. The molecule has 1 aliphatic heterocycles. The van der Waals surface area contributed by atoms with Crippen molar-refractivity contribution in [2.45, 2.75) is 32.2 Å². The van der Waals surface area contributed by atoms with E-state index in [1.54, 1.807) is 0 Å². The molecule has 2 unspecified atom stereocenters. The molecule has 0 aromatic carbocycles. The van der Waals surface area contributed by atoms with E-state index < -0.39 is 5.97 Å². The summed E-state index contributed by atoms with van der Waals surface area (Å²) in [6, 6.07) is 0.196. The Morgan fingerprint density at radius 3 is 3.00 bits per heavy atom. The van der Waals surface area contributed by atoms with Crippen molar-refractivity contribution < 1.29 is 9.90 Å². The fraction of sp³-hybridized carbons (Fsp3) is 0.875. The Hall–Kier alpha value is -0.570. The van der Waals surface area contributed by atoms with Gasteiger partial charge in [0.1, 0.15) is 0 Å². The maximum absolute atomic E-state index is 10.4. The summed E-state index contributed by atoms with van der Waals surface area (Å²) >= 11 is 0. The summed E-state index contributed by atoms with van der Waals surface area (Å²) in [6.45, 7) is 3.09. The van der Waals surface area contributed by atoms with Crippen LogP contribution in [0.3, 0.4) is 0 Å². The maximum atomic E-state index is 10.4. The van der Waals surface area contributed by atoms with E-state index in [1.807, 2.05) is 0 Å². The lowest BCUT2D eigenvalue weighted by molar-refractivity contribution is -0.138. The molecule has 0 aliphatic carbocycles. The fourth-order valence-electron chi connectivity index (χ4n) is 1.58. The molecule has 11 heavy (non-hydrogen) atoms. The van der Waals surface area contributed by atoms with Crippen LogP contribution in [0.1, 0.15) is 26.2 Å². The maximum Gasteiger partial charge on any atom is 0.304 e. The number of carboxylic acids is 1. The molecular formula is C8H15NO2. The van der Waals surface area contributed by atoms with Crippen molar-refractivity contribution in [2.75, 3.05) is 6.54 Å². The normalized spacial score (nSPS) is 31.7. The van der Waals surface area contributed by atoms with Crippen molar-refractivity contribution >= 4 is 5.97 Å². The molecule has 0 saturated carbocycles. The molecule has 2 atom stereocenters. The molecule has 0 aromatic rings. The summed E-state index contributed by atoms with van der Waals surface area (Å²) in [4.78, 5) is 10.4. The largest absolute Gasteiger partial charge is 0.481 e. The molecule has 1 rings (SSSR count). The molecule has 0 aromatic heterocycles. The van der Waals surface area contributed by atoms with Crippen molar-refractivity contribution in [1.82, 2.24) is 5.32 Å². The average Bonchev–Trinajstić information content (AvgIpc) is 1.93. The smallest absolute Gasteiger partial charge is 0.304 e. The first-order chi connectivity index (χ1) is 5.20. The quantitative estimate of drug-likeness (QED) is 0.624. The minimum absolute atomic E-state index is 0.196. The lowest BCUT2D eigenvalue weighted by Gasteiger charge is -2.28. The van der Waals surface area contributed by atoms with E-state index >= 15 is 0 Å². The molecule has 0 radical (unpaired) electrons. The van der Waals surface area contributed by atoms with Crippen LogP contribution in [0.4, 0.5) is 0 Å². The van der Waals surface area contributed by atoms with Gasteiger partial charge in [-0.05, 0) is 25.3 Å². The van der Waals surface area contributed by atoms with Gasteiger partial charge in [0.15, 0.2) is 0 Å². The van der Waals surface area contributed by atoms with Gasteiger partial charge >= 0.3 is 5.97 Å². The van der Waals surface area contributed by atoms with Gasteiger partial charge in [0.25, 0.3) is 0 Å². The third-order valence-corrected chi connectivity index (χ3v) is 2.32. The van der Waals surface area contributed by atoms with Gasteiger partial charge in [-0.3, -0.25) is 4.79 Å². The van der Waals surface area contributed by atoms with Crippen molar-refractivity contribution in [2.24, 2.45) is 5.92 Å². The van der Waals surface area contributed by atoms with Crippen molar-refractivity contribution in [3.8, 4) is 0 Å². The Labute approximate surface area is 66.8 Å². The highest BCUT2D eigenvalue weighted by atomic mass is 16.4. The highest BCUT2D eigenvalue weighted by Gasteiger charge is 2.22. The highest BCUT2D eigenvalue weighted by Crippen LogP contribution is 2.17. The van der Waals surface area contributed by atoms with E-state index in [9.17, 15) is 4.79 Å². The summed E-state index contributed by atoms with van der Waals surface area (Å²) < 4.78 is 0. The second-order valence-corrected chi connectivity index (χ2v) is 3.28. The number of hydrogen-bond donors (Lipinski definition) is 2. The zero-order valence-corrected chi connectivity index (χ0v) is 6.84. The van der Waals surface area contributed by atoms with E-state index in [0.717, 1.165) is 13.0 Å². The van der Waals surface area contributed by atoms with E-state index in [0.29, 0.717) is 5.92 Å². The van der Waals surface area contributed by atoms with E-state index in [4.69, 9.17) is 5.11 Å². The molecule has 0 spiro atoms. The molecular weight excluding hydrogens is 142 g/mol. The monoisotopic (exact) mass is 157 g/mol. The van der Waals surface area contributed by atoms with Gasteiger partial charge in [0, 0.05) is 6.04 Å². The predicted molar refractivity (Wildman–Crippen MR) is 42.4 cm³/mol. The first-order valence-electron chi connectivity index (χ1n) is 4.15. The number of carboxylic acid groups (broad SMARTS) is 1. The average molecular weight is 157 g/mol. The molecule has 0 amide bonds. The molecule has 2 N–H and O–H groups in total. The van der Waals surface area contributed by atoms with E-state index in [-0.39, 0.29) is 12.5 Å². The first-order valence-corrected chi connectivity index (χ1v) is 4.15. The third kappa shape index (κ3) is 2.50. The number of hydrogen-bond acceptors (Lipinski definition) is 2.